The van der Waals surface area contributed by atoms with Crippen molar-refractivity contribution in [2.24, 2.45) is 0 Å². The minimum Gasteiger partial charge on any atom is -0.381 e. The smallest absolute Gasteiger partial charge is 0.163 e. The Balaban J connectivity index is 1.87. The van der Waals surface area contributed by atoms with E-state index in [9.17, 15) is 8.42 Å². The molecule has 0 spiro atoms. The van der Waals surface area contributed by atoms with Gasteiger partial charge < -0.3 is 14.0 Å². The van der Waals surface area contributed by atoms with Crippen LogP contribution in [0.4, 0.5) is 0 Å². The third-order valence-corrected chi connectivity index (χ3v) is 7.31. The van der Waals surface area contributed by atoms with Gasteiger partial charge in [0.05, 0.1) is 16.9 Å². The first-order chi connectivity index (χ1) is 13.7. The fraction of sp³-hybridized carbons (Fsp3) is 0.667. The van der Waals surface area contributed by atoms with Crippen molar-refractivity contribution in [3.05, 3.63) is 34.9 Å². The van der Waals surface area contributed by atoms with E-state index in [-0.39, 0.29) is 23.5 Å². The van der Waals surface area contributed by atoms with E-state index in [0.717, 1.165) is 12.2 Å². The van der Waals surface area contributed by atoms with Crippen molar-refractivity contribution in [3.8, 4) is 0 Å². The van der Waals surface area contributed by atoms with E-state index in [1.807, 2.05) is 18.4 Å². The molecule has 1 fully saturated rings. The molecule has 0 aliphatic carbocycles. The van der Waals surface area contributed by atoms with Crippen molar-refractivity contribution in [1.82, 2.24) is 24.7 Å². The molecule has 0 aromatic carbocycles. The molecule has 1 aliphatic heterocycles. The monoisotopic (exact) mass is 443 g/mol. The Labute approximate surface area is 175 Å². The third-order valence-electron chi connectivity index (χ3n) is 5.08. The van der Waals surface area contributed by atoms with Gasteiger partial charge in [0.25, 0.3) is 0 Å². The molecular formula is C18H26ClN5O4S. The Morgan fingerprint density at radius 3 is 2.52 bits per heavy atom. The van der Waals surface area contributed by atoms with Crippen LogP contribution in [0.5, 0.6) is 0 Å². The van der Waals surface area contributed by atoms with Crippen LogP contribution in [0.1, 0.15) is 62.7 Å². The molecule has 0 unspecified atom stereocenters. The van der Waals surface area contributed by atoms with Gasteiger partial charge in [-0.3, -0.25) is 0 Å². The Morgan fingerprint density at radius 1 is 1.28 bits per heavy atom. The van der Waals surface area contributed by atoms with Crippen LogP contribution in [-0.2, 0) is 25.1 Å². The second kappa shape index (κ2) is 9.03. The second-order valence-electron chi connectivity index (χ2n) is 7.43. The highest BCUT2D eigenvalue weighted by atomic mass is 35.5. The molecule has 160 valence electrons. The van der Waals surface area contributed by atoms with Crippen LogP contribution >= 0.6 is 11.6 Å². The average molecular weight is 444 g/mol. The van der Waals surface area contributed by atoms with E-state index in [1.54, 1.807) is 6.92 Å². The maximum Gasteiger partial charge on any atom is 0.163 e. The fourth-order valence-electron chi connectivity index (χ4n) is 3.49. The molecular weight excluding hydrogens is 418 g/mol. The predicted octanol–water partition coefficient (Wildman–Crippen LogP) is 2.50. The zero-order valence-corrected chi connectivity index (χ0v) is 18.5. The normalized spacial score (nSPS) is 19.6. The fourth-order valence-corrected chi connectivity index (χ4v) is 5.02. The summed E-state index contributed by atoms with van der Waals surface area (Å²) >= 11 is 5.83. The Morgan fingerprint density at radius 2 is 1.97 bits per heavy atom. The average Bonchev–Trinajstić information content (AvgIpc) is 3.33. The molecule has 9 nitrogen and oxygen atoms in total. The lowest BCUT2D eigenvalue weighted by Gasteiger charge is -2.22. The van der Waals surface area contributed by atoms with Crippen LogP contribution in [0.2, 0.25) is 5.02 Å². The number of ether oxygens (including phenoxy) is 2. The van der Waals surface area contributed by atoms with Gasteiger partial charge in [0.2, 0.25) is 0 Å². The van der Waals surface area contributed by atoms with Crippen molar-refractivity contribution in [2.75, 3.05) is 20.3 Å². The molecule has 0 saturated carbocycles. The van der Waals surface area contributed by atoms with Gasteiger partial charge in [0, 0.05) is 38.1 Å². The van der Waals surface area contributed by atoms with Gasteiger partial charge in [-0.2, -0.15) is 0 Å². The highest BCUT2D eigenvalue weighted by Crippen LogP contribution is 2.29. The molecule has 0 N–H and O–H groups in total. The van der Waals surface area contributed by atoms with Gasteiger partial charge in [-0.25, -0.2) is 18.4 Å². The van der Waals surface area contributed by atoms with E-state index in [4.69, 9.17) is 21.1 Å². The number of methoxy groups -OCH3 is 1. The van der Waals surface area contributed by atoms with Crippen LogP contribution in [0.25, 0.3) is 0 Å². The lowest BCUT2D eigenvalue weighted by molar-refractivity contribution is 0.0948. The molecule has 1 aliphatic rings. The summed E-state index contributed by atoms with van der Waals surface area (Å²) in [6, 6.07) is 0.0268. The van der Waals surface area contributed by atoms with Crippen LogP contribution in [0.3, 0.4) is 0 Å². The van der Waals surface area contributed by atoms with E-state index in [1.165, 1.54) is 19.5 Å². The summed E-state index contributed by atoms with van der Waals surface area (Å²) in [5.41, 5.74) is 0. The number of hydrogen-bond donors (Lipinski definition) is 0. The molecule has 0 bridgehead atoms. The summed E-state index contributed by atoms with van der Waals surface area (Å²) < 4.78 is 39.1. The van der Waals surface area contributed by atoms with Gasteiger partial charge in [-0.1, -0.05) is 11.6 Å². The standard InChI is InChI=1S/C18H26ClN5O4S/c1-11(2)24-15(22-23-18(24)13-5-6-28-9-13)10-29(25,26)12(3)16(27-4)17-20-7-14(19)8-21-17/h7-8,11-13,16H,5-6,9-10H2,1-4H3/t12-,13-,16-/m0/s1. The van der Waals surface area contributed by atoms with Crippen LogP contribution in [0.15, 0.2) is 12.4 Å². The highest BCUT2D eigenvalue weighted by molar-refractivity contribution is 7.91. The molecule has 3 heterocycles. The van der Waals surface area contributed by atoms with Crippen molar-refractivity contribution >= 4 is 21.4 Å². The summed E-state index contributed by atoms with van der Waals surface area (Å²) in [5, 5.41) is 7.98. The zero-order chi connectivity index (χ0) is 21.2. The van der Waals surface area contributed by atoms with E-state index in [0.29, 0.717) is 24.1 Å². The van der Waals surface area contributed by atoms with Crippen molar-refractivity contribution in [2.45, 2.75) is 56.3 Å². The number of sulfone groups is 1. The minimum atomic E-state index is -3.64. The van der Waals surface area contributed by atoms with Crippen molar-refractivity contribution in [3.63, 3.8) is 0 Å². The largest absolute Gasteiger partial charge is 0.381 e. The number of halogens is 1. The number of rotatable bonds is 8. The van der Waals surface area contributed by atoms with Crippen LogP contribution in [0, 0.1) is 0 Å². The molecule has 0 radical (unpaired) electrons. The number of aromatic nitrogens is 5. The Hall–Kier alpha value is -1.62. The summed E-state index contributed by atoms with van der Waals surface area (Å²) in [6.45, 7) is 6.82. The molecule has 3 atom stereocenters. The number of nitrogens with zero attached hydrogens (tertiary/aromatic N) is 5. The maximum absolute atomic E-state index is 13.2. The first-order valence-corrected chi connectivity index (χ1v) is 11.6. The van der Waals surface area contributed by atoms with E-state index in [2.05, 4.69) is 20.2 Å². The predicted molar refractivity (Wildman–Crippen MR) is 107 cm³/mol. The van der Waals surface area contributed by atoms with E-state index < -0.39 is 21.2 Å². The van der Waals surface area contributed by atoms with Gasteiger partial charge in [-0.15, -0.1) is 10.2 Å². The van der Waals surface area contributed by atoms with Crippen molar-refractivity contribution in [1.29, 1.82) is 0 Å². The lowest BCUT2D eigenvalue weighted by Crippen LogP contribution is -2.30. The van der Waals surface area contributed by atoms with Crippen molar-refractivity contribution < 1.29 is 17.9 Å². The quantitative estimate of drug-likeness (QED) is 0.612. The highest BCUT2D eigenvalue weighted by Gasteiger charge is 2.35. The molecule has 2 aromatic rings. The van der Waals surface area contributed by atoms with Gasteiger partial charge in [0.15, 0.2) is 15.7 Å². The lowest BCUT2D eigenvalue weighted by atomic mass is 10.1. The zero-order valence-electron chi connectivity index (χ0n) is 16.9. The third kappa shape index (κ3) is 4.76. The summed E-state index contributed by atoms with van der Waals surface area (Å²) in [6.07, 6.45) is 2.87. The van der Waals surface area contributed by atoms with E-state index >= 15 is 0 Å². The Bertz CT molecular complexity index is 926. The molecule has 2 aromatic heterocycles. The molecule has 29 heavy (non-hydrogen) atoms. The molecule has 11 heteroatoms. The number of hydrogen-bond acceptors (Lipinski definition) is 8. The van der Waals surface area contributed by atoms with Crippen LogP contribution in [-0.4, -0.2) is 58.7 Å². The molecule has 1 saturated heterocycles. The Kier molecular flexibility index (Phi) is 6.87. The summed E-state index contributed by atoms with van der Waals surface area (Å²) in [7, 11) is -2.21. The second-order valence-corrected chi connectivity index (χ2v) is 10.2. The first-order valence-electron chi connectivity index (χ1n) is 9.47. The summed E-state index contributed by atoms with van der Waals surface area (Å²) in [5.74, 6) is 1.34. The van der Waals surface area contributed by atoms with Gasteiger partial charge >= 0.3 is 0 Å². The SMILES string of the molecule is CO[C@H](c1ncc(Cl)cn1)[C@H](C)S(=O)(=O)Cc1nnc([C@H]2CCOC2)n1C(C)C. The first kappa shape index (κ1) is 22.1. The van der Waals surface area contributed by atoms with Crippen LogP contribution < -0.4 is 0 Å². The topological polar surface area (TPSA) is 109 Å². The summed E-state index contributed by atoms with van der Waals surface area (Å²) in [4.78, 5) is 8.23. The van der Waals surface area contributed by atoms with Gasteiger partial charge in [-0.05, 0) is 27.2 Å². The minimum absolute atomic E-state index is 0.0268. The molecule has 3 rings (SSSR count). The molecule has 0 amide bonds. The maximum atomic E-state index is 13.2. The van der Waals surface area contributed by atoms with Gasteiger partial charge in [0.1, 0.15) is 23.5 Å².